The molecule has 0 saturated carbocycles. The van der Waals surface area contributed by atoms with E-state index in [1.807, 2.05) is 6.07 Å². The van der Waals surface area contributed by atoms with E-state index in [-0.39, 0.29) is 18.2 Å². The van der Waals surface area contributed by atoms with Crippen LogP contribution in [0.1, 0.15) is 36.0 Å². The minimum absolute atomic E-state index is 0.121. The molecule has 2 rings (SSSR count). The monoisotopic (exact) mass is 318 g/mol. The van der Waals surface area contributed by atoms with Gasteiger partial charge in [-0.15, -0.1) is 0 Å². The maximum absolute atomic E-state index is 12.5. The molecule has 0 radical (unpaired) electrons. The summed E-state index contributed by atoms with van der Waals surface area (Å²) in [4.78, 5) is 37.2. The molecule has 1 aromatic carbocycles. The van der Waals surface area contributed by atoms with Crippen molar-refractivity contribution in [3.05, 3.63) is 35.9 Å². The summed E-state index contributed by atoms with van der Waals surface area (Å²) in [5.41, 5.74) is 0.581. The van der Waals surface area contributed by atoms with E-state index in [9.17, 15) is 19.5 Å². The SMILES string of the molecule is O=C1CCN(C(=O)c2ccccc2)CCCC(C(=O)O)CCN1. The maximum atomic E-state index is 12.5. The molecule has 1 aromatic rings. The zero-order valence-electron chi connectivity index (χ0n) is 13.0. The van der Waals surface area contributed by atoms with Crippen molar-refractivity contribution in [2.45, 2.75) is 25.7 Å². The Bertz CT molecular complexity index is 559. The van der Waals surface area contributed by atoms with Crippen molar-refractivity contribution in [1.29, 1.82) is 0 Å². The van der Waals surface area contributed by atoms with Crippen LogP contribution in [0.3, 0.4) is 0 Å². The summed E-state index contributed by atoms with van der Waals surface area (Å²) in [5.74, 6) is -1.60. The minimum atomic E-state index is -0.848. The molecule has 1 heterocycles. The number of aliphatic carboxylic acids is 1. The first-order valence-corrected chi connectivity index (χ1v) is 7.92. The average Bonchev–Trinajstić information content (AvgIpc) is 2.59. The third-order valence-electron chi connectivity index (χ3n) is 4.06. The highest BCUT2D eigenvalue weighted by Gasteiger charge is 2.21. The van der Waals surface area contributed by atoms with Gasteiger partial charge >= 0.3 is 5.97 Å². The van der Waals surface area contributed by atoms with E-state index in [2.05, 4.69) is 5.32 Å². The van der Waals surface area contributed by atoms with E-state index >= 15 is 0 Å². The molecule has 1 aliphatic heterocycles. The van der Waals surface area contributed by atoms with Crippen molar-refractivity contribution in [3.63, 3.8) is 0 Å². The van der Waals surface area contributed by atoms with Gasteiger partial charge in [-0.2, -0.15) is 0 Å². The lowest BCUT2D eigenvalue weighted by atomic mass is 9.99. The fourth-order valence-electron chi connectivity index (χ4n) is 2.71. The third kappa shape index (κ3) is 5.09. The van der Waals surface area contributed by atoms with Crippen molar-refractivity contribution in [2.75, 3.05) is 19.6 Å². The number of carbonyl (C=O) groups is 3. The van der Waals surface area contributed by atoms with Gasteiger partial charge in [0.15, 0.2) is 0 Å². The van der Waals surface area contributed by atoms with Gasteiger partial charge in [0, 0.05) is 31.6 Å². The quantitative estimate of drug-likeness (QED) is 0.865. The van der Waals surface area contributed by atoms with E-state index in [1.165, 1.54) is 0 Å². The van der Waals surface area contributed by atoms with E-state index in [0.717, 1.165) is 0 Å². The summed E-state index contributed by atoms with van der Waals surface area (Å²) in [5, 5.41) is 11.9. The van der Waals surface area contributed by atoms with Gasteiger partial charge in [-0.05, 0) is 31.4 Å². The highest BCUT2D eigenvalue weighted by atomic mass is 16.4. The van der Waals surface area contributed by atoms with Crippen LogP contribution in [0.25, 0.3) is 0 Å². The summed E-state index contributed by atoms with van der Waals surface area (Å²) < 4.78 is 0. The van der Waals surface area contributed by atoms with Crippen LogP contribution in [0.15, 0.2) is 30.3 Å². The predicted octanol–water partition coefficient (Wildman–Crippen LogP) is 1.52. The summed E-state index contributed by atoms with van der Waals surface area (Å²) in [6, 6.07) is 8.93. The molecule has 124 valence electrons. The number of carbonyl (C=O) groups excluding carboxylic acids is 2. The van der Waals surface area contributed by atoms with Gasteiger partial charge in [0.1, 0.15) is 0 Å². The fraction of sp³-hybridized carbons (Fsp3) is 0.471. The van der Waals surface area contributed by atoms with Gasteiger partial charge in [-0.3, -0.25) is 14.4 Å². The van der Waals surface area contributed by atoms with Crippen molar-refractivity contribution in [2.24, 2.45) is 5.92 Å². The molecule has 23 heavy (non-hydrogen) atoms. The molecule has 6 nitrogen and oxygen atoms in total. The highest BCUT2D eigenvalue weighted by molar-refractivity contribution is 5.94. The Morgan fingerprint density at radius 3 is 2.57 bits per heavy atom. The largest absolute Gasteiger partial charge is 0.481 e. The molecule has 2 amide bonds. The van der Waals surface area contributed by atoms with Crippen LogP contribution in [0, 0.1) is 5.92 Å². The van der Waals surface area contributed by atoms with Crippen molar-refractivity contribution in [3.8, 4) is 0 Å². The molecular formula is C17H22N2O4. The topological polar surface area (TPSA) is 86.7 Å². The zero-order chi connectivity index (χ0) is 16.7. The van der Waals surface area contributed by atoms with Gasteiger partial charge in [0.2, 0.25) is 5.91 Å². The number of rotatable bonds is 2. The van der Waals surface area contributed by atoms with Crippen LogP contribution < -0.4 is 5.32 Å². The first-order valence-electron chi connectivity index (χ1n) is 7.92. The van der Waals surface area contributed by atoms with Crippen LogP contribution in [0.5, 0.6) is 0 Å². The molecule has 1 unspecified atom stereocenters. The second kappa shape index (κ2) is 8.31. The lowest BCUT2D eigenvalue weighted by Gasteiger charge is -2.22. The first-order chi connectivity index (χ1) is 11.1. The van der Waals surface area contributed by atoms with Gasteiger partial charge in [-0.25, -0.2) is 0 Å². The molecule has 0 spiro atoms. The van der Waals surface area contributed by atoms with Crippen LogP contribution in [-0.4, -0.2) is 47.4 Å². The Hall–Kier alpha value is -2.37. The Morgan fingerprint density at radius 2 is 1.87 bits per heavy atom. The van der Waals surface area contributed by atoms with Crippen molar-refractivity contribution in [1.82, 2.24) is 10.2 Å². The second-order valence-electron chi connectivity index (χ2n) is 5.72. The van der Waals surface area contributed by atoms with Crippen LogP contribution in [0.2, 0.25) is 0 Å². The Kier molecular flexibility index (Phi) is 6.14. The molecule has 1 fully saturated rings. The molecule has 0 bridgehead atoms. The molecule has 0 aromatic heterocycles. The Labute approximate surface area is 135 Å². The minimum Gasteiger partial charge on any atom is -0.481 e. The number of carboxylic acids is 1. The van der Waals surface area contributed by atoms with Gasteiger partial charge in [0.05, 0.1) is 5.92 Å². The Morgan fingerprint density at radius 1 is 1.13 bits per heavy atom. The third-order valence-corrected chi connectivity index (χ3v) is 4.06. The average molecular weight is 318 g/mol. The molecular weight excluding hydrogens is 296 g/mol. The number of carboxylic acid groups (broad SMARTS) is 1. The smallest absolute Gasteiger partial charge is 0.306 e. The van der Waals surface area contributed by atoms with E-state index in [0.29, 0.717) is 44.5 Å². The summed E-state index contributed by atoms with van der Waals surface area (Å²) in [7, 11) is 0. The van der Waals surface area contributed by atoms with Crippen LogP contribution in [0.4, 0.5) is 0 Å². The van der Waals surface area contributed by atoms with Crippen LogP contribution >= 0.6 is 0 Å². The van der Waals surface area contributed by atoms with E-state index in [4.69, 9.17) is 0 Å². The number of nitrogens with zero attached hydrogens (tertiary/aromatic N) is 1. The molecule has 2 N–H and O–H groups in total. The number of benzene rings is 1. The first kappa shape index (κ1) is 17.0. The van der Waals surface area contributed by atoms with E-state index < -0.39 is 11.9 Å². The van der Waals surface area contributed by atoms with Crippen molar-refractivity contribution >= 4 is 17.8 Å². The summed E-state index contributed by atoms with van der Waals surface area (Å²) in [6.45, 7) is 1.17. The maximum Gasteiger partial charge on any atom is 0.306 e. The number of nitrogens with one attached hydrogen (secondary N) is 1. The lowest BCUT2D eigenvalue weighted by Crippen LogP contribution is -2.35. The predicted molar refractivity (Wildman–Crippen MR) is 84.9 cm³/mol. The van der Waals surface area contributed by atoms with Gasteiger partial charge in [0.25, 0.3) is 5.91 Å². The zero-order valence-corrected chi connectivity index (χ0v) is 13.0. The molecule has 0 aliphatic carbocycles. The fourth-order valence-corrected chi connectivity index (χ4v) is 2.71. The Balaban J connectivity index is 2.07. The van der Waals surface area contributed by atoms with Crippen LogP contribution in [-0.2, 0) is 9.59 Å². The molecule has 6 heteroatoms. The summed E-state index contributed by atoms with van der Waals surface area (Å²) >= 11 is 0. The number of amides is 2. The normalized spacial score (nSPS) is 20.3. The molecule has 1 aliphatic rings. The molecule has 1 atom stereocenters. The second-order valence-corrected chi connectivity index (χ2v) is 5.72. The highest BCUT2D eigenvalue weighted by Crippen LogP contribution is 2.14. The van der Waals surface area contributed by atoms with E-state index in [1.54, 1.807) is 29.2 Å². The lowest BCUT2D eigenvalue weighted by molar-refractivity contribution is -0.142. The van der Waals surface area contributed by atoms with Gasteiger partial charge < -0.3 is 15.3 Å². The number of hydrogen-bond donors (Lipinski definition) is 2. The van der Waals surface area contributed by atoms with Gasteiger partial charge in [-0.1, -0.05) is 18.2 Å². The standard InChI is InChI=1S/C17H22N2O4/c20-15-9-12-19(16(21)13-5-2-1-3-6-13)11-4-7-14(17(22)23)8-10-18-15/h1-3,5-6,14H,4,7-12H2,(H,18,20)(H,22,23). The summed E-state index contributed by atoms with van der Waals surface area (Å²) in [6.07, 6.45) is 1.78. The van der Waals surface area contributed by atoms with Crippen molar-refractivity contribution < 1.29 is 19.5 Å². The number of hydrogen-bond acceptors (Lipinski definition) is 3. The molecule has 1 saturated heterocycles.